The molecule has 6 rings (SSSR count). The van der Waals surface area contributed by atoms with Crippen LogP contribution in [0.2, 0.25) is 5.02 Å². The predicted octanol–water partition coefficient (Wildman–Crippen LogP) is 8.64. The number of aryl methyl sites for hydroxylation is 1. The SMILES string of the molecule is COC(=O)C1(N(C(=O)C(F)(F)F)c2cccc(Cl)c2)CCC2(CC1)c1cc(OCC(CC(=O)O)OC)ccc1C[C@@H]2C[C@@H](C)COc1ccnc2c1[C@H](C)CCC2. The molecule has 4 atom stereocenters. The molecule has 1 fully saturated rings. The van der Waals surface area contributed by atoms with Gasteiger partial charge in [-0.15, -0.1) is 0 Å². The molecule has 0 bridgehead atoms. The van der Waals surface area contributed by atoms with Crippen LogP contribution in [0.25, 0.3) is 0 Å². The number of methoxy groups -OCH3 is 2. The van der Waals surface area contributed by atoms with Gasteiger partial charge < -0.3 is 24.1 Å². The minimum absolute atomic E-state index is 0.000975. The lowest BCUT2D eigenvalue weighted by Crippen LogP contribution is -2.63. The number of hydrogen-bond donors (Lipinski definition) is 1. The summed E-state index contributed by atoms with van der Waals surface area (Å²) in [7, 11) is 2.53. The van der Waals surface area contributed by atoms with Crippen molar-refractivity contribution in [3.8, 4) is 11.5 Å². The summed E-state index contributed by atoms with van der Waals surface area (Å²) in [4.78, 5) is 43.7. The maximum Gasteiger partial charge on any atom is 0.471 e. The molecule has 14 heteroatoms. The number of aromatic nitrogens is 1. The van der Waals surface area contributed by atoms with Crippen molar-refractivity contribution in [2.24, 2.45) is 11.8 Å². The van der Waals surface area contributed by atoms with Gasteiger partial charge in [-0.05, 0) is 128 Å². The zero-order chi connectivity index (χ0) is 41.1. The minimum atomic E-state index is -5.30. The van der Waals surface area contributed by atoms with E-state index in [0.717, 1.165) is 54.5 Å². The number of ether oxygens (including phenoxy) is 4. The van der Waals surface area contributed by atoms with Gasteiger partial charge in [0.2, 0.25) is 0 Å². The minimum Gasteiger partial charge on any atom is -0.493 e. The Labute approximate surface area is 336 Å². The Morgan fingerprint density at radius 2 is 1.79 bits per heavy atom. The molecule has 1 amide bonds. The fraction of sp³-hybridized carbons (Fsp3) is 0.535. The molecule has 0 radical (unpaired) electrons. The lowest BCUT2D eigenvalue weighted by molar-refractivity contribution is -0.174. The molecule has 1 unspecified atom stereocenters. The number of amides is 1. The maximum atomic E-state index is 14.4. The number of halogens is 4. The Balaban J connectivity index is 1.33. The number of pyridine rings is 1. The second-order valence-electron chi connectivity index (χ2n) is 15.9. The highest BCUT2D eigenvalue weighted by Crippen LogP contribution is 2.58. The Morgan fingerprint density at radius 3 is 2.46 bits per heavy atom. The summed E-state index contributed by atoms with van der Waals surface area (Å²) in [6, 6.07) is 13.2. The molecule has 0 saturated heterocycles. The molecule has 1 saturated carbocycles. The number of carbonyl (C=O) groups is 3. The van der Waals surface area contributed by atoms with Crippen molar-refractivity contribution >= 4 is 35.1 Å². The Kier molecular flexibility index (Phi) is 12.8. The summed E-state index contributed by atoms with van der Waals surface area (Å²) in [6.07, 6.45) is 0.302. The van der Waals surface area contributed by atoms with Crippen LogP contribution in [0.15, 0.2) is 54.7 Å². The first-order valence-electron chi connectivity index (χ1n) is 19.5. The molecule has 308 valence electrons. The van der Waals surface area contributed by atoms with E-state index in [9.17, 15) is 32.7 Å². The third-order valence-corrected chi connectivity index (χ3v) is 12.5. The standard InChI is InChI=1S/C43H50ClF3N2O8/c1-26(24-57-36-13-18-48-35-10-5-7-27(2)38(35)36)19-29-20-28-11-12-32(56-25-33(54-3)23-37(50)51)22-34(28)41(29)14-16-42(17-15-41,40(53)55-4)49(39(52)43(45,46)47)31-9-6-8-30(44)21-31/h6,8-9,11-13,18,21-22,26-27,29,33H,5,7,10,14-17,19-20,23-25H2,1-4H3,(H,50,51)/t26-,27-,29+,33?,41?,42?/m1/s1. The number of rotatable bonds is 14. The van der Waals surface area contributed by atoms with Crippen LogP contribution in [-0.4, -0.2) is 73.2 Å². The fourth-order valence-electron chi connectivity index (χ4n) is 9.52. The van der Waals surface area contributed by atoms with Gasteiger partial charge in [-0.2, -0.15) is 13.2 Å². The number of carboxylic acid groups (broad SMARTS) is 1. The normalized spacial score (nSPS) is 23.9. The van der Waals surface area contributed by atoms with Gasteiger partial charge in [-0.1, -0.05) is 37.6 Å². The summed E-state index contributed by atoms with van der Waals surface area (Å²) in [5.41, 5.74) is 1.50. The number of anilines is 1. The molecule has 1 N–H and O–H groups in total. The lowest BCUT2D eigenvalue weighted by atomic mass is 9.59. The lowest BCUT2D eigenvalue weighted by Gasteiger charge is -2.51. The second kappa shape index (κ2) is 17.2. The second-order valence-corrected chi connectivity index (χ2v) is 16.3. The highest BCUT2D eigenvalue weighted by molar-refractivity contribution is 6.31. The number of carbonyl (C=O) groups excluding carboxylic acids is 2. The average Bonchev–Trinajstić information content (AvgIpc) is 3.46. The molecule has 3 aliphatic rings. The summed E-state index contributed by atoms with van der Waals surface area (Å²) >= 11 is 6.23. The molecule has 57 heavy (non-hydrogen) atoms. The van der Waals surface area contributed by atoms with Crippen molar-refractivity contribution in [1.82, 2.24) is 4.98 Å². The van der Waals surface area contributed by atoms with E-state index in [1.54, 1.807) is 6.20 Å². The van der Waals surface area contributed by atoms with Crippen molar-refractivity contribution in [3.05, 3.63) is 82.1 Å². The summed E-state index contributed by atoms with van der Waals surface area (Å²) in [5, 5.41) is 9.41. The van der Waals surface area contributed by atoms with Crippen LogP contribution < -0.4 is 14.4 Å². The van der Waals surface area contributed by atoms with Crippen molar-refractivity contribution in [1.29, 1.82) is 0 Å². The average molecular weight is 815 g/mol. The Morgan fingerprint density at radius 1 is 1.04 bits per heavy atom. The van der Waals surface area contributed by atoms with Crippen LogP contribution in [0, 0.1) is 11.8 Å². The van der Waals surface area contributed by atoms with Gasteiger partial charge in [0.15, 0.2) is 0 Å². The van der Waals surface area contributed by atoms with Crippen LogP contribution in [0.5, 0.6) is 11.5 Å². The summed E-state index contributed by atoms with van der Waals surface area (Å²) in [6.45, 7) is 4.75. The number of nitrogens with zero attached hydrogens (tertiary/aromatic N) is 2. The van der Waals surface area contributed by atoms with Crippen molar-refractivity contribution in [3.63, 3.8) is 0 Å². The molecule has 2 aromatic carbocycles. The number of alkyl halides is 3. The first-order valence-corrected chi connectivity index (χ1v) is 19.9. The van der Waals surface area contributed by atoms with Gasteiger partial charge in [-0.3, -0.25) is 19.5 Å². The Hall–Kier alpha value is -4.36. The van der Waals surface area contributed by atoms with Crippen LogP contribution in [0.3, 0.4) is 0 Å². The highest BCUT2D eigenvalue weighted by atomic mass is 35.5. The number of esters is 1. The molecule has 10 nitrogen and oxygen atoms in total. The predicted molar refractivity (Wildman–Crippen MR) is 207 cm³/mol. The van der Waals surface area contributed by atoms with Crippen molar-refractivity contribution < 1.29 is 51.6 Å². The van der Waals surface area contributed by atoms with Gasteiger partial charge in [-0.25, -0.2) is 4.79 Å². The van der Waals surface area contributed by atoms with Gasteiger partial charge >= 0.3 is 24.0 Å². The molecule has 1 spiro atoms. The van der Waals surface area contributed by atoms with Crippen molar-refractivity contribution in [2.75, 3.05) is 32.3 Å². The third kappa shape index (κ3) is 8.74. The van der Waals surface area contributed by atoms with E-state index < -0.39 is 41.1 Å². The number of benzene rings is 2. The summed E-state index contributed by atoms with van der Waals surface area (Å²) in [5.74, 6) is -2.40. The smallest absolute Gasteiger partial charge is 0.471 e. The summed E-state index contributed by atoms with van der Waals surface area (Å²) < 4.78 is 66.3. The number of aliphatic carboxylic acids is 1. The van der Waals surface area contributed by atoms with Crippen LogP contribution >= 0.6 is 11.6 Å². The quantitative estimate of drug-likeness (QED) is 0.159. The van der Waals surface area contributed by atoms with Crippen LogP contribution in [0.1, 0.15) is 93.5 Å². The molecule has 3 aromatic rings. The van der Waals surface area contributed by atoms with Crippen LogP contribution in [0.4, 0.5) is 18.9 Å². The van der Waals surface area contributed by atoms with E-state index in [1.165, 1.54) is 31.4 Å². The van der Waals surface area contributed by atoms with E-state index in [4.69, 9.17) is 30.5 Å². The van der Waals surface area contributed by atoms with Crippen LogP contribution in [-0.2, 0) is 42.1 Å². The highest BCUT2D eigenvalue weighted by Gasteiger charge is 2.60. The van der Waals surface area contributed by atoms with Gasteiger partial charge in [0.05, 0.1) is 20.1 Å². The first-order chi connectivity index (χ1) is 27.1. The molecule has 1 heterocycles. The number of hydrogen-bond acceptors (Lipinski definition) is 8. The van der Waals surface area contributed by atoms with Gasteiger partial charge in [0.25, 0.3) is 0 Å². The van der Waals surface area contributed by atoms with E-state index in [1.807, 2.05) is 24.3 Å². The van der Waals surface area contributed by atoms with E-state index >= 15 is 0 Å². The maximum absolute atomic E-state index is 14.4. The fourth-order valence-corrected chi connectivity index (χ4v) is 9.71. The molecule has 0 aliphatic heterocycles. The van der Waals surface area contributed by atoms with E-state index in [-0.39, 0.29) is 61.3 Å². The van der Waals surface area contributed by atoms with Gasteiger partial charge in [0, 0.05) is 35.3 Å². The number of carboxylic acids is 1. The van der Waals surface area contributed by atoms with Crippen molar-refractivity contribution in [2.45, 2.75) is 107 Å². The van der Waals surface area contributed by atoms with Gasteiger partial charge in [0.1, 0.15) is 29.7 Å². The third-order valence-electron chi connectivity index (χ3n) is 12.3. The first kappa shape index (κ1) is 42.3. The monoisotopic (exact) mass is 814 g/mol. The zero-order valence-corrected chi connectivity index (χ0v) is 33.5. The zero-order valence-electron chi connectivity index (χ0n) is 32.7. The molecule has 3 aliphatic carbocycles. The molecular weight excluding hydrogens is 765 g/mol. The van der Waals surface area contributed by atoms with E-state index in [2.05, 4.69) is 18.8 Å². The number of fused-ring (bicyclic) bond motifs is 3. The largest absolute Gasteiger partial charge is 0.493 e. The molecule has 1 aromatic heterocycles. The van der Waals surface area contributed by atoms with E-state index in [0.29, 0.717) is 36.0 Å². The Bertz CT molecular complexity index is 1950. The topological polar surface area (TPSA) is 124 Å². The molecular formula is C43H50ClF3N2O8.